The van der Waals surface area contributed by atoms with Gasteiger partial charge >= 0.3 is 0 Å². The molecule has 0 atom stereocenters. The molecule has 138 valence electrons. The van der Waals surface area contributed by atoms with Crippen molar-refractivity contribution in [1.82, 2.24) is 15.1 Å². The maximum Gasteiger partial charge on any atom is 0.151 e. The van der Waals surface area contributed by atoms with E-state index >= 15 is 0 Å². The summed E-state index contributed by atoms with van der Waals surface area (Å²) in [5, 5.41) is 8.89. The van der Waals surface area contributed by atoms with Gasteiger partial charge in [-0.2, -0.15) is 0 Å². The zero-order chi connectivity index (χ0) is 18.5. The minimum absolute atomic E-state index is 0.176. The number of rotatable bonds is 5. The van der Waals surface area contributed by atoms with Gasteiger partial charge in [-0.1, -0.05) is 24.3 Å². The van der Waals surface area contributed by atoms with E-state index in [0.29, 0.717) is 12.5 Å². The Bertz CT molecular complexity index is 725. The normalized spacial score (nSPS) is 15.9. The second kappa shape index (κ2) is 8.41. The van der Waals surface area contributed by atoms with E-state index in [9.17, 15) is 4.79 Å². The van der Waals surface area contributed by atoms with Crippen LogP contribution < -0.4 is 4.90 Å². The number of benzene rings is 1. The molecule has 1 saturated heterocycles. The Kier molecular flexibility index (Phi) is 5.99. The van der Waals surface area contributed by atoms with E-state index in [2.05, 4.69) is 39.9 Å². The van der Waals surface area contributed by atoms with Crippen molar-refractivity contribution in [2.24, 2.45) is 0 Å². The van der Waals surface area contributed by atoms with E-state index in [0.717, 1.165) is 55.2 Å². The lowest BCUT2D eigenvalue weighted by molar-refractivity contribution is -0.116. The van der Waals surface area contributed by atoms with Gasteiger partial charge in [0.25, 0.3) is 0 Å². The fourth-order valence-corrected chi connectivity index (χ4v) is 3.41. The maximum atomic E-state index is 11.2. The van der Waals surface area contributed by atoms with Crippen molar-refractivity contribution in [1.29, 1.82) is 0 Å². The second-order valence-electron chi connectivity index (χ2n) is 7.32. The Morgan fingerprint density at radius 3 is 2.38 bits per heavy atom. The first-order valence-corrected chi connectivity index (χ1v) is 9.44. The quantitative estimate of drug-likeness (QED) is 0.827. The molecule has 0 unspecified atom stereocenters. The van der Waals surface area contributed by atoms with Gasteiger partial charge in [-0.3, -0.25) is 9.69 Å². The summed E-state index contributed by atoms with van der Waals surface area (Å²) in [6, 6.07) is 12.7. The first-order valence-electron chi connectivity index (χ1n) is 9.44. The van der Waals surface area contributed by atoms with Crippen LogP contribution in [-0.2, 0) is 11.2 Å². The molecule has 5 nitrogen and oxygen atoms in total. The van der Waals surface area contributed by atoms with E-state index in [1.807, 2.05) is 30.3 Å². The van der Waals surface area contributed by atoms with Crippen LogP contribution in [0.3, 0.4) is 0 Å². The summed E-state index contributed by atoms with van der Waals surface area (Å²) in [6.45, 7) is 10.4. The highest BCUT2D eigenvalue weighted by Gasteiger charge is 2.18. The van der Waals surface area contributed by atoms with Gasteiger partial charge in [-0.25, -0.2) is 0 Å². The van der Waals surface area contributed by atoms with Crippen LogP contribution in [0.1, 0.15) is 32.8 Å². The highest BCUT2D eigenvalue weighted by Crippen LogP contribution is 2.20. The summed E-state index contributed by atoms with van der Waals surface area (Å²) in [5.41, 5.74) is 2.92. The van der Waals surface area contributed by atoms with Gasteiger partial charge in [0.05, 0.1) is 5.69 Å². The van der Waals surface area contributed by atoms with Crippen LogP contribution in [0.25, 0.3) is 11.3 Å². The minimum atomic E-state index is 0.176. The smallest absolute Gasteiger partial charge is 0.151 e. The molecule has 0 bridgehead atoms. The number of hydrogen-bond donors (Lipinski definition) is 0. The van der Waals surface area contributed by atoms with Crippen molar-refractivity contribution in [2.45, 2.75) is 39.7 Å². The molecular formula is C21H28N4O. The number of anilines is 1. The molecule has 0 amide bonds. The van der Waals surface area contributed by atoms with Crippen LogP contribution in [0.4, 0.5) is 5.82 Å². The SMILES string of the molecule is CC(=O)Cc1ccc(-c2ccc(N3CCCN(C(C)C)CC3)nn2)cc1. The highest BCUT2D eigenvalue weighted by molar-refractivity contribution is 5.78. The maximum absolute atomic E-state index is 11.2. The van der Waals surface area contributed by atoms with Gasteiger partial charge in [-0.15, -0.1) is 10.2 Å². The third-order valence-electron chi connectivity index (χ3n) is 4.94. The molecule has 5 heteroatoms. The number of nitrogens with zero attached hydrogens (tertiary/aromatic N) is 4. The second-order valence-corrected chi connectivity index (χ2v) is 7.32. The van der Waals surface area contributed by atoms with Crippen LogP contribution in [0.15, 0.2) is 36.4 Å². The van der Waals surface area contributed by atoms with Crippen LogP contribution in [0.2, 0.25) is 0 Å². The fourth-order valence-electron chi connectivity index (χ4n) is 3.41. The first kappa shape index (κ1) is 18.5. The van der Waals surface area contributed by atoms with Crippen LogP contribution in [0.5, 0.6) is 0 Å². The first-order chi connectivity index (χ1) is 12.5. The lowest BCUT2D eigenvalue weighted by Crippen LogP contribution is -2.35. The largest absolute Gasteiger partial charge is 0.354 e. The third kappa shape index (κ3) is 4.67. The predicted molar refractivity (Wildman–Crippen MR) is 105 cm³/mol. The molecule has 26 heavy (non-hydrogen) atoms. The number of hydrogen-bond acceptors (Lipinski definition) is 5. The lowest BCUT2D eigenvalue weighted by Gasteiger charge is -2.25. The molecular weight excluding hydrogens is 324 g/mol. The Morgan fingerprint density at radius 1 is 1.00 bits per heavy atom. The standard InChI is InChI=1S/C21H28N4O/c1-16(2)24-11-4-12-25(14-13-24)21-10-9-20(22-23-21)19-7-5-18(6-8-19)15-17(3)26/h5-10,16H,4,11-15H2,1-3H3. The average Bonchev–Trinajstić information content (AvgIpc) is 2.88. The van der Waals surface area contributed by atoms with Crippen molar-refractivity contribution >= 4 is 11.6 Å². The van der Waals surface area contributed by atoms with Gasteiger partial charge in [0.2, 0.25) is 0 Å². The monoisotopic (exact) mass is 352 g/mol. The molecule has 0 saturated carbocycles. The summed E-state index contributed by atoms with van der Waals surface area (Å²) in [6.07, 6.45) is 1.63. The Labute approximate surface area is 156 Å². The van der Waals surface area contributed by atoms with Crippen molar-refractivity contribution in [3.05, 3.63) is 42.0 Å². The van der Waals surface area contributed by atoms with E-state index in [-0.39, 0.29) is 5.78 Å². The number of carbonyl (C=O) groups is 1. The van der Waals surface area contributed by atoms with Crippen molar-refractivity contribution in [3.8, 4) is 11.3 Å². The fraction of sp³-hybridized carbons (Fsp3) is 0.476. The van der Waals surface area contributed by atoms with E-state index in [1.54, 1.807) is 6.92 Å². The average molecular weight is 352 g/mol. The van der Waals surface area contributed by atoms with Crippen LogP contribution >= 0.6 is 0 Å². The summed E-state index contributed by atoms with van der Waals surface area (Å²) in [5.74, 6) is 1.13. The molecule has 0 N–H and O–H groups in total. The summed E-state index contributed by atoms with van der Waals surface area (Å²) in [4.78, 5) is 16.1. The van der Waals surface area contributed by atoms with E-state index in [4.69, 9.17) is 0 Å². The van der Waals surface area contributed by atoms with Crippen LogP contribution in [0, 0.1) is 0 Å². The van der Waals surface area contributed by atoms with Crippen molar-refractivity contribution < 1.29 is 4.79 Å². The minimum Gasteiger partial charge on any atom is -0.354 e. The molecule has 0 radical (unpaired) electrons. The Balaban J connectivity index is 1.67. The molecule has 1 fully saturated rings. The highest BCUT2D eigenvalue weighted by atomic mass is 16.1. The lowest BCUT2D eigenvalue weighted by atomic mass is 10.1. The van der Waals surface area contributed by atoms with Crippen molar-refractivity contribution in [2.75, 3.05) is 31.1 Å². The van der Waals surface area contributed by atoms with Crippen LogP contribution in [-0.4, -0.2) is 53.1 Å². The number of ketones is 1. The summed E-state index contributed by atoms with van der Waals surface area (Å²) < 4.78 is 0. The van der Waals surface area contributed by atoms with Gasteiger partial charge in [0.15, 0.2) is 5.82 Å². The number of aromatic nitrogens is 2. The zero-order valence-electron chi connectivity index (χ0n) is 16.0. The molecule has 3 rings (SSSR count). The summed E-state index contributed by atoms with van der Waals surface area (Å²) in [7, 11) is 0. The number of carbonyl (C=O) groups excluding carboxylic acids is 1. The molecule has 1 aliphatic rings. The third-order valence-corrected chi connectivity index (χ3v) is 4.94. The predicted octanol–water partition coefficient (Wildman–Crippen LogP) is 3.20. The molecule has 1 aliphatic heterocycles. The molecule has 1 aromatic heterocycles. The zero-order valence-corrected chi connectivity index (χ0v) is 16.0. The molecule has 0 aliphatic carbocycles. The molecule has 1 aromatic carbocycles. The van der Waals surface area contributed by atoms with E-state index in [1.165, 1.54) is 0 Å². The van der Waals surface area contributed by atoms with E-state index < -0.39 is 0 Å². The summed E-state index contributed by atoms with van der Waals surface area (Å²) >= 11 is 0. The Hall–Kier alpha value is -2.27. The van der Waals surface area contributed by atoms with Gasteiger partial charge < -0.3 is 4.90 Å². The van der Waals surface area contributed by atoms with Gasteiger partial charge in [0.1, 0.15) is 5.78 Å². The topological polar surface area (TPSA) is 49.3 Å². The van der Waals surface area contributed by atoms with Crippen molar-refractivity contribution in [3.63, 3.8) is 0 Å². The number of Topliss-reactive ketones (excluding diaryl/α,β-unsaturated/α-hetero) is 1. The van der Waals surface area contributed by atoms with Gasteiger partial charge in [0, 0.05) is 44.2 Å². The van der Waals surface area contributed by atoms with Gasteiger partial charge in [-0.05, 0) is 44.9 Å². The molecule has 2 aromatic rings. The Morgan fingerprint density at radius 2 is 1.77 bits per heavy atom. The molecule has 0 spiro atoms. The molecule has 2 heterocycles.